The molecule has 6 heteroatoms. The molecule has 2 aromatic rings. The molecule has 0 aliphatic carbocycles. The molecule has 100 valence electrons. The van der Waals surface area contributed by atoms with Gasteiger partial charge in [-0.2, -0.15) is 0 Å². The van der Waals surface area contributed by atoms with E-state index in [9.17, 15) is 9.59 Å². The van der Waals surface area contributed by atoms with Crippen molar-refractivity contribution in [1.82, 2.24) is 9.97 Å². The van der Waals surface area contributed by atoms with Gasteiger partial charge in [0.1, 0.15) is 12.4 Å². The van der Waals surface area contributed by atoms with Gasteiger partial charge in [-0.3, -0.25) is 4.79 Å². The molecule has 0 radical (unpaired) electrons. The quantitative estimate of drug-likeness (QED) is 0.864. The fourth-order valence-electron chi connectivity index (χ4n) is 1.70. The predicted octanol–water partition coefficient (Wildman–Crippen LogP) is 1.22. The van der Waals surface area contributed by atoms with Gasteiger partial charge in [0.05, 0.1) is 10.9 Å². The first kappa shape index (κ1) is 13.2. The molecule has 0 spiro atoms. The zero-order chi connectivity index (χ0) is 14.0. The Kier molecular flexibility index (Phi) is 3.62. The van der Waals surface area contributed by atoms with E-state index in [-0.39, 0.29) is 12.2 Å². The normalized spacial score (nSPS) is 12.5. The Morgan fingerprint density at radius 1 is 1.53 bits per heavy atom. The highest BCUT2D eigenvalue weighted by atomic mass is 16.5. The van der Waals surface area contributed by atoms with Crippen LogP contribution >= 0.6 is 0 Å². The molecular weight excluding hydrogens is 248 g/mol. The number of fused-ring (bicyclic) bond motifs is 1. The number of H-pyrrole nitrogens is 1. The first-order valence-electron chi connectivity index (χ1n) is 5.82. The van der Waals surface area contributed by atoms with E-state index >= 15 is 0 Å². The topological polar surface area (TPSA) is 92.3 Å². The maximum absolute atomic E-state index is 11.9. The van der Waals surface area contributed by atoms with Gasteiger partial charge in [-0.1, -0.05) is 12.1 Å². The number of hydrogen-bond acceptors (Lipinski definition) is 4. The highest BCUT2D eigenvalue weighted by Crippen LogP contribution is 2.12. The molecule has 0 unspecified atom stereocenters. The summed E-state index contributed by atoms with van der Waals surface area (Å²) in [5.41, 5.74) is 1.24. The van der Waals surface area contributed by atoms with Crippen molar-refractivity contribution in [3.63, 3.8) is 0 Å². The van der Waals surface area contributed by atoms with Crippen LogP contribution in [0.25, 0.3) is 10.9 Å². The van der Waals surface area contributed by atoms with Crippen LogP contribution in [0.4, 0.5) is 0 Å². The largest absolute Gasteiger partial charge is 0.479 e. The number of ether oxygens (including phenoxy) is 1. The number of nitrogens with one attached hydrogen (secondary N) is 1. The van der Waals surface area contributed by atoms with Crippen LogP contribution in [0.3, 0.4) is 0 Å². The molecule has 1 aromatic carbocycles. The Balaban J connectivity index is 2.33. The standard InChI is InChI=1S/C13H14N2O4/c1-7-4-3-5-9-11(7)14-10(15-12(9)16)6-19-8(2)13(17)18/h3-5,8H,6H2,1-2H3,(H,17,18)(H,14,15,16)/t8-/m0/s1. The van der Waals surface area contributed by atoms with Gasteiger partial charge in [-0.15, -0.1) is 0 Å². The fourth-order valence-corrected chi connectivity index (χ4v) is 1.70. The van der Waals surface area contributed by atoms with E-state index < -0.39 is 12.1 Å². The van der Waals surface area contributed by atoms with Crippen LogP contribution in [-0.2, 0) is 16.1 Å². The number of nitrogens with zero attached hydrogens (tertiary/aromatic N) is 1. The van der Waals surface area contributed by atoms with Crippen LogP contribution in [-0.4, -0.2) is 27.1 Å². The minimum Gasteiger partial charge on any atom is -0.479 e. The SMILES string of the molecule is Cc1cccc2c(=O)[nH]c(CO[C@@H](C)C(=O)O)nc12. The lowest BCUT2D eigenvalue weighted by molar-refractivity contribution is -0.150. The second kappa shape index (κ2) is 5.19. The van der Waals surface area contributed by atoms with Gasteiger partial charge < -0.3 is 14.8 Å². The Hall–Kier alpha value is -2.21. The maximum atomic E-state index is 11.9. The van der Waals surface area contributed by atoms with Gasteiger partial charge in [-0.25, -0.2) is 9.78 Å². The molecular formula is C13H14N2O4. The summed E-state index contributed by atoms with van der Waals surface area (Å²) in [5.74, 6) is -0.737. The number of hydrogen-bond donors (Lipinski definition) is 2. The molecule has 0 aliphatic heterocycles. The third-order valence-corrected chi connectivity index (χ3v) is 2.80. The molecule has 0 aliphatic rings. The molecule has 0 saturated carbocycles. The summed E-state index contributed by atoms with van der Waals surface area (Å²) < 4.78 is 5.10. The van der Waals surface area contributed by atoms with Crippen molar-refractivity contribution in [2.75, 3.05) is 0 Å². The lowest BCUT2D eigenvalue weighted by Gasteiger charge is -2.08. The van der Waals surface area contributed by atoms with Crippen molar-refractivity contribution >= 4 is 16.9 Å². The molecule has 0 amide bonds. The molecule has 2 rings (SSSR count). The molecule has 0 saturated heterocycles. The molecule has 0 fully saturated rings. The highest BCUT2D eigenvalue weighted by molar-refractivity contribution is 5.80. The molecule has 19 heavy (non-hydrogen) atoms. The lowest BCUT2D eigenvalue weighted by Crippen LogP contribution is -2.21. The number of aromatic nitrogens is 2. The lowest BCUT2D eigenvalue weighted by atomic mass is 10.1. The van der Waals surface area contributed by atoms with Crippen molar-refractivity contribution in [3.8, 4) is 0 Å². The minimum atomic E-state index is -1.06. The summed E-state index contributed by atoms with van der Waals surface area (Å²) in [5, 5.41) is 9.22. The second-order valence-corrected chi connectivity index (χ2v) is 4.28. The van der Waals surface area contributed by atoms with Crippen LogP contribution < -0.4 is 5.56 Å². The van der Waals surface area contributed by atoms with Crippen molar-refractivity contribution in [2.24, 2.45) is 0 Å². The molecule has 0 bridgehead atoms. The van der Waals surface area contributed by atoms with E-state index in [0.29, 0.717) is 16.7 Å². The zero-order valence-corrected chi connectivity index (χ0v) is 10.6. The van der Waals surface area contributed by atoms with Crippen LogP contribution in [0.1, 0.15) is 18.3 Å². The molecule has 1 aromatic heterocycles. The monoisotopic (exact) mass is 262 g/mol. The third kappa shape index (κ3) is 2.79. The Morgan fingerprint density at radius 3 is 2.95 bits per heavy atom. The first-order valence-corrected chi connectivity index (χ1v) is 5.82. The summed E-state index contributed by atoms with van der Waals surface area (Å²) in [7, 11) is 0. The number of rotatable bonds is 4. The minimum absolute atomic E-state index is 0.0486. The van der Waals surface area contributed by atoms with Gasteiger partial charge in [-0.05, 0) is 25.5 Å². The number of carboxylic acids is 1. The van der Waals surface area contributed by atoms with Crippen molar-refractivity contribution < 1.29 is 14.6 Å². The number of benzene rings is 1. The predicted molar refractivity (Wildman–Crippen MR) is 69.0 cm³/mol. The first-order chi connectivity index (χ1) is 8.99. The van der Waals surface area contributed by atoms with Gasteiger partial charge in [0, 0.05) is 0 Å². The van der Waals surface area contributed by atoms with Crippen LogP contribution in [0, 0.1) is 6.92 Å². The van der Waals surface area contributed by atoms with Crippen LogP contribution in [0.15, 0.2) is 23.0 Å². The van der Waals surface area contributed by atoms with Crippen molar-refractivity contribution in [3.05, 3.63) is 39.9 Å². The van der Waals surface area contributed by atoms with Gasteiger partial charge in [0.2, 0.25) is 0 Å². The number of para-hydroxylation sites is 1. The highest BCUT2D eigenvalue weighted by Gasteiger charge is 2.12. The van der Waals surface area contributed by atoms with E-state index in [1.807, 2.05) is 13.0 Å². The van der Waals surface area contributed by atoms with Crippen molar-refractivity contribution in [2.45, 2.75) is 26.6 Å². The van der Waals surface area contributed by atoms with Gasteiger partial charge >= 0.3 is 5.97 Å². The van der Waals surface area contributed by atoms with Crippen LogP contribution in [0.2, 0.25) is 0 Å². The van der Waals surface area contributed by atoms with Gasteiger partial charge in [0.15, 0.2) is 6.10 Å². The molecule has 2 N–H and O–H groups in total. The third-order valence-electron chi connectivity index (χ3n) is 2.80. The number of aliphatic carboxylic acids is 1. The van der Waals surface area contributed by atoms with E-state index in [4.69, 9.17) is 9.84 Å². The van der Waals surface area contributed by atoms with Crippen LogP contribution in [0.5, 0.6) is 0 Å². The summed E-state index contributed by atoms with van der Waals surface area (Å²) >= 11 is 0. The Morgan fingerprint density at radius 2 is 2.26 bits per heavy atom. The van der Waals surface area contributed by atoms with E-state index in [0.717, 1.165) is 5.56 Å². The van der Waals surface area contributed by atoms with Crippen molar-refractivity contribution in [1.29, 1.82) is 0 Å². The average Bonchev–Trinajstić information content (AvgIpc) is 2.37. The second-order valence-electron chi connectivity index (χ2n) is 4.28. The molecule has 1 atom stereocenters. The smallest absolute Gasteiger partial charge is 0.332 e. The summed E-state index contributed by atoms with van der Waals surface area (Å²) in [4.78, 5) is 29.4. The number of carbonyl (C=O) groups is 1. The number of aromatic amines is 1. The number of carboxylic acid groups (broad SMARTS) is 1. The Bertz CT molecular complexity index is 678. The zero-order valence-electron chi connectivity index (χ0n) is 10.6. The summed E-state index contributed by atoms with van der Waals surface area (Å²) in [6, 6.07) is 5.34. The molecule has 1 heterocycles. The van der Waals surface area contributed by atoms with E-state index in [1.165, 1.54) is 6.92 Å². The van der Waals surface area contributed by atoms with E-state index in [1.54, 1.807) is 12.1 Å². The average molecular weight is 262 g/mol. The maximum Gasteiger partial charge on any atom is 0.332 e. The van der Waals surface area contributed by atoms with E-state index in [2.05, 4.69) is 9.97 Å². The summed E-state index contributed by atoms with van der Waals surface area (Å²) in [6.45, 7) is 3.24. The Labute approximate surface area is 109 Å². The molecule has 6 nitrogen and oxygen atoms in total. The fraction of sp³-hybridized carbons (Fsp3) is 0.308. The van der Waals surface area contributed by atoms with Gasteiger partial charge in [0.25, 0.3) is 5.56 Å². The number of aryl methyl sites for hydroxylation is 1. The summed E-state index contributed by atoms with van der Waals surface area (Å²) in [6.07, 6.45) is -0.946.